The Morgan fingerprint density at radius 2 is 2.18 bits per heavy atom. The monoisotopic (exact) mass is 307 g/mol. The summed E-state index contributed by atoms with van der Waals surface area (Å²) in [5, 5.41) is 2.47. The summed E-state index contributed by atoms with van der Waals surface area (Å²) in [6, 6.07) is 2.56. The molecule has 1 aromatic rings. The van der Waals surface area contributed by atoms with Gasteiger partial charge in [-0.2, -0.15) is 0 Å². The molecule has 0 aromatic carbocycles. The fraction of sp³-hybridized carbons (Fsp3) is 0.625. The molecular formula is C16H25N3O3. The van der Waals surface area contributed by atoms with Crippen molar-refractivity contribution in [1.82, 2.24) is 10.2 Å². The largest absolute Gasteiger partial charge is 0.464 e. The smallest absolute Gasteiger partial charge is 0.312 e. The van der Waals surface area contributed by atoms with Crippen LogP contribution in [0.15, 0.2) is 16.5 Å². The van der Waals surface area contributed by atoms with Gasteiger partial charge in [0.25, 0.3) is 0 Å². The van der Waals surface area contributed by atoms with Gasteiger partial charge in [0.05, 0.1) is 6.04 Å². The van der Waals surface area contributed by atoms with Gasteiger partial charge in [-0.05, 0) is 31.9 Å². The van der Waals surface area contributed by atoms with Crippen molar-refractivity contribution < 1.29 is 14.0 Å². The zero-order valence-corrected chi connectivity index (χ0v) is 13.3. The Morgan fingerprint density at radius 3 is 2.82 bits per heavy atom. The number of nitrogens with one attached hydrogen (secondary N) is 1. The van der Waals surface area contributed by atoms with Gasteiger partial charge in [-0.3, -0.25) is 4.79 Å². The molecule has 122 valence electrons. The second kappa shape index (κ2) is 7.33. The predicted molar refractivity (Wildman–Crippen MR) is 83.2 cm³/mol. The second-order valence-corrected chi connectivity index (χ2v) is 5.78. The highest BCUT2D eigenvalue weighted by atomic mass is 16.3. The van der Waals surface area contributed by atoms with E-state index in [0.717, 1.165) is 43.6 Å². The molecule has 1 saturated heterocycles. The van der Waals surface area contributed by atoms with Crippen LogP contribution in [0.4, 0.5) is 4.79 Å². The van der Waals surface area contributed by atoms with Gasteiger partial charge in [-0.1, -0.05) is 19.8 Å². The number of nitrogens with zero attached hydrogens (tertiary/aromatic N) is 1. The molecule has 3 N–H and O–H groups in total. The topological polar surface area (TPSA) is 88.6 Å². The molecule has 0 bridgehead atoms. The van der Waals surface area contributed by atoms with E-state index in [-0.39, 0.29) is 11.9 Å². The fourth-order valence-electron chi connectivity index (χ4n) is 2.96. The van der Waals surface area contributed by atoms with E-state index < -0.39 is 12.1 Å². The summed E-state index contributed by atoms with van der Waals surface area (Å²) in [7, 11) is 0. The normalized spacial score (nSPS) is 20.3. The average Bonchev–Trinajstić information content (AvgIpc) is 2.82. The molecule has 0 saturated carbocycles. The molecule has 1 aliphatic rings. The number of urea groups is 1. The van der Waals surface area contributed by atoms with E-state index in [1.165, 1.54) is 0 Å². The Labute approximate surface area is 131 Å². The lowest BCUT2D eigenvalue weighted by atomic mass is 10.1. The maximum absolute atomic E-state index is 12.7. The summed E-state index contributed by atoms with van der Waals surface area (Å²) in [6.45, 7) is 4.38. The van der Waals surface area contributed by atoms with Crippen molar-refractivity contribution in [1.29, 1.82) is 0 Å². The summed E-state index contributed by atoms with van der Waals surface area (Å²) in [5.74, 6) is 1.65. The highest BCUT2D eigenvalue weighted by molar-refractivity contribution is 5.86. The van der Waals surface area contributed by atoms with Gasteiger partial charge >= 0.3 is 6.03 Å². The molecule has 2 heterocycles. The number of likely N-dealkylation sites (tertiary alicyclic amines) is 1. The third kappa shape index (κ3) is 3.81. The first kappa shape index (κ1) is 16.4. The standard InChI is InChI=1S/C16H25N3O3/c1-3-12-8-9-14(22-12)13-7-5-4-6-10-19(13)15(20)11(2)18-16(17)21/h8-9,11,13H,3-7,10H2,1-2H3,(H3,17,18,21)/t11-,13+/m0/s1. The van der Waals surface area contributed by atoms with Crippen LogP contribution >= 0.6 is 0 Å². The summed E-state index contributed by atoms with van der Waals surface area (Å²) in [4.78, 5) is 25.5. The highest BCUT2D eigenvalue weighted by Crippen LogP contribution is 2.31. The summed E-state index contributed by atoms with van der Waals surface area (Å²) in [6.07, 6.45) is 4.84. The zero-order chi connectivity index (χ0) is 16.1. The van der Waals surface area contributed by atoms with Crippen LogP contribution in [0.1, 0.15) is 57.1 Å². The zero-order valence-electron chi connectivity index (χ0n) is 13.3. The van der Waals surface area contributed by atoms with Crippen molar-refractivity contribution in [2.45, 2.75) is 58.0 Å². The second-order valence-electron chi connectivity index (χ2n) is 5.78. The van der Waals surface area contributed by atoms with Crippen LogP contribution in [-0.4, -0.2) is 29.4 Å². The predicted octanol–water partition coefficient (Wildman–Crippen LogP) is 2.34. The molecular weight excluding hydrogens is 282 g/mol. The third-order valence-electron chi connectivity index (χ3n) is 4.12. The molecule has 1 fully saturated rings. The Kier molecular flexibility index (Phi) is 5.46. The van der Waals surface area contributed by atoms with E-state index in [9.17, 15) is 9.59 Å². The molecule has 0 unspecified atom stereocenters. The van der Waals surface area contributed by atoms with Gasteiger partial charge < -0.3 is 20.4 Å². The van der Waals surface area contributed by atoms with Crippen molar-refractivity contribution in [2.75, 3.05) is 6.54 Å². The Hall–Kier alpha value is -1.98. The van der Waals surface area contributed by atoms with Gasteiger partial charge in [0, 0.05) is 13.0 Å². The lowest BCUT2D eigenvalue weighted by Crippen LogP contribution is -2.49. The van der Waals surface area contributed by atoms with Crippen LogP contribution in [0.25, 0.3) is 0 Å². The molecule has 3 amide bonds. The first-order valence-corrected chi connectivity index (χ1v) is 7.98. The van der Waals surface area contributed by atoms with Crippen molar-refractivity contribution in [3.63, 3.8) is 0 Å². The van der Waals surface area contributed by atoms with Crippen molar-refractivity contribution >= 4 is 11.9 Å². The van der Waals surface area contributed by atoms with Crippen LogP contribution < -0.4 is 11.1 Å². The van der Waals surface area contributed by atoms with E-state index >= 15 is 0 Å². The highest BCUT2D eigenvalue weighted by Gasteiger charge is 2.31. The minimum Gasteiger partial charge on any atom is -0.464 e. The van der Waals surface area contributed by atoms with Gasteiger partial charge in [0.15, 0.2) is 0 Å². The van der Waals surface area contributed by atoms with Gasteiger partial charge in [-0.25, -0.2) is 4.79 Å². The minimum atomic E-state index is -0.682. The molecule has 22 heavy (non-hydrogen) atoms. The maximum atomic E-state index is 12.7. The number of carbonyl (C=O) groups is 2. The molecule has 0 aliphatic carbocycles. The number of furan rings is 1. The van der Waals surface area contributed by atoms with Gasteiger partial charge in [0.2, 0.25) is 5.91 Å². The van der Waals surface area contributed by atoms with E-state index in [2.05, 4.69) is 5.32 Å². The van der Waals surface area contributed by atoms with Crippen LogP contribution in [0.2, 0.25) is 0 Å². The fourth-order valence-corrected chi connectivity index (χ4v) is 2.96. The van der Waals surface area contributed by atoms with Crippen molar-refractivity contribution in [3.05, 3.63) is 23.7 Å². The van der Waals surface area contributed by atoms with Crippen LogP contribution in [0, 0.1) is 0 Å². The lowest BCUT2D eigenvalue weighted by Gasteiger charge is -2.31. The first-order valence-electron chi connectivity index (χ1n) is 7.98. The number of amides is 3. The Morgan fingerprint density at radius 1 is 1.41 bits per heavy atom. The van der Waals surface area contributed by atoms with Crippen LogP contribution in [-0.2, 0) is 11.2 Å². The van der Waals surface area contributed by atoms with E-state index in [0.29, 0.717) is 6.54 Å². The Balaban J connectivity index is 2.19. The molecule has 1 aliphatic heterocycles. The third-order valence-corrected chi connectivity index (χ3v) is 4.12. The average molecular weight is 307 g/mol. The number of aryl methyl sites for hydroxylation is 1. The maximum Gasteiger partial charge on any atom is 0.312 e. The number of nitrogens with two attached hydrogens (primary N) is 1. The molecule has 6 nitrogen and oxygen atoms in total. The number of hydrogen-bond acceptors (Lipinski definition) is 3. The number of primary amides is 1. The van der Waals surface area contributed by atoms with E-state index in [1.807, 2.05) is 24.0 Å². The summed E-state index contributed by atoms with van der Waals surface area (Å²) >= 11 is 0. The van der Waals surface area contributed by atoms with Crippen LogP contribution in [0.3, 0.4) is 0 Å². The van der Waals surface area contributed by atoms with Gasteiger partial charge in [-0.15, -0.1) is 0 Å². The summed E-state index contributed by atoms with van der Waals surface area (Å²) in [5.41, 5.74) is 5.12. The molecule has 2 atom stereocenters. The molecule has 1 aromatic heterocycles. The summed E-state index contributed by atoms with van der Waals surface area (Å²) < 4.78 is 5.86. The molecule has 6 heteroatoms. The number of rotatable bonds is 4. The SMILES string of the molecule is CCc1ccc([C@H]2CCCCCN2C(=O)[C@H](C)NC(N)=O)o1. The minimum absolute atomic E-state index is 0.0626. The van der Waals surface area contributed by atoms with E-state index in [1.54, 1.807) is 6.92 Å². The molecule has 0 spiro atoms. The van der Waals surface area contributed by atoms with Crippen LogP contribution in [0.5, 0.6) is 0 Å². The lowest BCUT2D eigenvalue weighted by molar-refractivity contribution is -0.135. The molecule has 2 rings (SSSR count). The Bertz CT molecular complexity index is 526. The van der Waals surface area contributed by atoms with Crippen molar-refractivity contribution in [3.8, 4) is 0 Å². The number of carbonyl (C=O) groups excluding carboxylic acids is 2. The quantitative estimate of drug-likeness (QED) is 0.894. The van der Waals surface area contributed by atoms with Crippen molar-refractivity contribution in [2.24, 2.45) is 5.73 Å². The number of hydrogen-bond donors (Lipinski definition) is 2. The first-order chi connectivity index (χ1) is 10.5. The molecule has 0 radical (unpaired) electrons. The van der Waals surface area contributed by atoms with E-state index in [4.69, 9.17) is 10.2 Å². The van der Waals surface area contributed by atoms with Gasteiger partial charge in [0.1, 0.15) is 17.6 Å².